The predicted molar refractivity (Wildman–Crippen MR) is 85.1 cm³/mol. The largest absolute Gasteiger partial charge is 0.310 e. The zero-order chi connectivity index (χ0) is 14.1. The topological polar surface area (TPSA) is 13.1 Å². The summed E-state index contributed by atoms with van der Waals surface area (Å²) < 4.78 is 4.98. The molecule has 0 bridgehead atoms. The van der Waals surface area contributed by atoms with E-state index < -0.39 is 0 Å². The highest BCUT2D eigenvalue weighted by atomic mass is 35.5. The van der Waals surface area contributed by atoms with Crippen molar-refractivity contribution < 1.29 is 0 Å². The molecule has 2 aromatic rings. The zero-order valence-corrected chi connectivity index (χ0v) is 13.1. The van der Waals surface area contributed by atoms with Crippen LogP contribution in [0, 0.1) is 11.7 Å². The number of likely N-dealkylation sites (tertiary alicyclic amines) is 1. The Morgan fingerprint density at radius 1 is 1.20 bits per heavy atom. The van der Waals surface area contributed by atoms with E-state index in [1.54, 1.807) is 0 Å². The first-order valence-corrected chi connectivity index (χ1v) is 7.71. The number of nitrogens with zero attached hydrogens (tertiary/aromatic N) is 3. The predicted octanol–water partition coefficient (Wildman–Crippen LogP) is 4.02. The van der Waals surface area contributed by atoms with Crippen LogP contribution in [0.2, 0.25) is 5.02 Å². The Bertz CT molecular complexity index is 668. The van der Waals surface area contributed by atoms with Gasteiger partial charge in [0.1, 0.15) is 0 Å². The number of rotatable bonds is 3. The van der Waals surface area contributed by atoms with Gasteiger partial charge in [0.05, 0.1) is 12.4 Å². The summed E-state index contributed by atoms with van der Waals surface area (Å²) in [5.74, 6) is 0. The number of halogens is 1. The van der Waals surface area contributed by atoms with Gasteiger partial charge in [0.25, 0.3) is 0 Å². The van der Waals surface area contributed by atoms with E-state index in [-0.39, 0.29) is 0 Å². The summed E-state index contributed by atoms with van der Waals surface area (Å²) in [6.45, 7) is 5.25. The first kappa shape index (κ1) is 13.9. The summed E-state index contributed by atoms with van der Waals surface area (Å²) in [5.41, 5.74) is 2.12. The lowest BCUT2D eigenvalue weighted by molar-refractivity contribution is 0.268. The van der Waals surface area contributed by atoms with Gasteiger partial charge in [-0.05, 0) is 62.8 Å². The van der Waals surface area contributed by atoms with Crippen molar-refractivity contribution in [3.8, 4) is 5.69 Å². The average Bonchev–Trinajstić information content (AvgIpc) is 3.06. The Labute approximate surface area is 129 Å². The second-order valence-corrected chi connectivity index (χ2v) is 6.04. The van der Waals surface area contributed by atoms with Gasteiger partial charge < -0.3 is 4.57 Å². The van der Waals surface area contributed by atoms with Crippen LogP contribution in [-0.4, -0.2) is 27.1 Å². The number of hydrogen-bond donors (Lipinski definition) is 0. The van der Waals surface area contributed by atoms with Crippen molar-refractivity contribution >= 4 is 23.8 Å². The normalized spacial score (nSPS) is 15.9. The van der Waals surface area contributed by atoms with E-state index >= 15 is 0 Å². The maximum Gasteiger partial charge on any atom is 0.185 e. The minimum absolute atomic E-state index is 0.775. The van der Waals surface area contributed by atoms with E-state index in [4.69, 9.17) is 23.8 Å². The molecular formula is C15H18ClN3S. The van der Waals surface area contributed by atoms with Gasteiger partial charge in [-0.1, -0.05) is 17.7 Å². The molecule has 0 unspecified atom stereocenters. The van der Waals surface area contributed by atoms with Crippen LogP contribution in [0.5, 0.6) is 0 Å². The Kier molecular flexibility index (Phi) is 3.96. The highest BCUT2D eigenvalue weighted by Gasteiger charge is 2.13. The Balaban J connectivity index is 1.93. The van der Waals surface area contributed by atoms with Crippen LogP contribution in [-0.2, 0) is 6.67 Å². The molecule has 1 fully saturated rings. The lowest BCUT2D eigenvalue weighted by Crippen LogP contribution is -2.22. The molecule has 0 saturated carbocycles. The maximum atomic E-state index is 6.20. The number of hydrogen-bond acceptors (Lipinski definition) is 2. The molecule has 2 heterocycles. The summed E-state index contributed by atoms with van der Waals surface area (Å²) >= 11 is 11.8. The smallest absolute Gasteiger partial charge is 0.185 e. The fourth-order valence-corrected chi connectivity index (χ4v) is 3.15. The molecule has 3 nitrogen and oxygen atoms in total. The Hall–Kier alpha value is -1.10. The van der Waals surface area contributed by atoms with Gasteiger partial charge in [0, 0.05) is 17.4 Å². The first-order valence-electron chi connectivity index (χ1n) is 6.92. The van der Waals surface area contributed by atoms with Gasteiger partial charge in [-0.3, -0.25) is 9.47 Å². The van der Waals surface area contributed by atoms with Gasteiger partial charge in [-0.25, -0.2) is 0 Å². The summed E-state index contributed by atoms with van der Waals surface area (Å²) in [4.78, 5) is 2.44. The Morgan fingerprint density at radius 3 is 2.70 bits per heavy atom. The van der Waals surface area contributed by atoms with E-state index in [0.29, 0.717) is 0 Å². The molecule has 1 saturated heterocycles. The third kappa shape index (κ3) is 2.55. The standard InChI is InChI=1S/C15H18ClN3S/c1-12-13(16)5-4-6-14(12)19-10-9-18(15(19)20)11-17-7-2-3-8-17/h4-6,9-10H,2-3,7-8,11H2,1H3. The molecule has 0 aliphatic carbocycles. The fourth-order valence-electron chi connectivity index (χ4n) is 2.70. The SMILES string of the molecule is Cc1c(Cl)cccc1-n1ccn(CN2CCCC2)c1=S. The lowest BCUT2D eigenvalue weighted by Gasteiger charge is -2.15. The van der Waals surface area contributed by atoms with Crippen LogP contribution in [0.15, 0.2) is 30.6 Å². The number of imidazole rings is 1. The molecular weight excluding hydrogens is 290 g/mol. The molecule has 0 spiro atoms. The number of aromatic nitrogens is 2. The average molecular weight is 308 g/mol. The summed E-state index contributed by atoms with van der Waals surface area (Å²) in [6.07, 6.45) is 6.67. The van der Waals surface area contributed by atoms with Crippen molar-refractivity contribution in [3.05, 3.63) is 45.9 Å². The lowest BCUT2D eigenvalue weighted by atomic mass is 10.2. The molecule has 0 amide bonds. The van der Waals surface area contributed by atoms with E-state index in [1.165, 1.54) is 25.9 Å². The molecule has 1 aromatic heterocycles. The van der Waals surface area contributed by atoms with Crippen LogP contribution in [0.4, 0.5) is 0 Å². The maximum absolute atomic E-state index is 6.20. The van der Waals surface area contributed by atoms with E-state index in [9.17, 15) is 0 Å². The highest BCUT2D eigenvalue weighted by Crippen LogP contribution is 2.23. The number of benzene rings is 1. The Morgan fingerprint density at radius 2 is 1.95 bits per heavy atom. The molecule has 106 valence electrons. The zero-order valence-electron chi connectivity index (χ0n) is 11.6. The van der Waals surface area contributed by atoms with Crippen LogP contribution >= 0.6 is 23.8 Å². The molecule has 0 N–H and O–H groups in total. The monoisotopic (exact) mass is 307 g/mol. The second-order valence-electron chi connectivity index (χ2n) is 5.27. The molecule has 0 radical (unpaired) electrons. The van der Waals surface area contributed by atoms with Crippen LogP contribution in [0.3, 0.4) is 0 Å². The first-order chi connectivity index (χ1) is 9.66. The van der Waals surface area contributed by atoms with Gasteiger partial charge in [-0.2, -0.15) is 0 Å². The summed E-state index contributed by atoms with van der Waals surface area (Å²) in [5, 5.41) is 0.775. The van der Waals surface area contributed by atoms with Crippen molar-refractivity contribution in [1.29, 1.82) is 0 Å². The minimum Gasteiger partial charge on any atom is -0.310 e. The quantitative estimate of drug-likeness (QED) is 0.794. The van der Waals surface area contributed by atoms with Gasteiger partial charge in [-0.15, -0.1) is 0 Å². The van der Waals surface area contributed by atoms with Crippen molar-refractivity contribution in [2.24, 2.45) is 0 Å². The molecule has 3 rings (SSSR count). The van der Waals surface area contributed by atoms with Crippen molar-refractivity contribution in [2.75, 3.05) is 13.1 Å². The van der Waals surface area contributed by atoms with E-state index in [1.807, 2.05) is 29.8 Å². The van der Waals surface area contributed by atoms with Crippen molar-refractivity contribution in [1.82, 2.24) is 14.0 Å². The molecule has 1 aliphatic heterocycles. The highest BCUT2D eigenvalue weighted by molar-refractivity contribution is 7.71. The minimum atomic E-state index is 0.775. The molecule has 1 aromatic carbocycles. The van der Waals surface area contributed by atoms with Gasteiger partial charge in [0.15, 0.2) is 4.77 Å². The van der Waals surface area contributed by atoms with Crippen LogP contribution in [0.1, 0.15) is 18.4 Å². The molecule has 0 atom stereocenters. The van der Waals surface area contributed by atoms with Crippen molar-refractivity contribution in [3.63, 3.8) is 0 Å². The van der Waals surface area contributed by atoms with Crippen molar-refractivity contribution in [2.45, 2.75) is 26.4 Å². The van der Waals surface area contributed by atoms with E-state index in [2.05, 4.69) is 21.7 Å². The van der Waals surface area contributed by atoms with Gasteiger partial charge in [0.2, 0.25) is 0 Å². The third-order valence-corrected chi connectivity index (χ3v) is 4.74. The van der Waals surface area contributed by atoms with E-state index in [0.717, 1.165) is 27.7 Å². The molecule has 5 heteroatoms. The molecule has 20 heavy (non-hydrogen) atoms. The van der Waals surface area contributed by atoms with Crippen LogP contribution in [0.25, 0.3) is 5.69 Å². The van der Waals surface area contributed by atoms with Gasteiger partial charge >= 0.3 is 0 Å². The summed E-state index contributed by atoms with van der Waals surface area (Å²) in [6, 6.07) is 5.92. The summed E-state index contributed by atoms with van der Waals surface area (Å²) in [7, 11) is 0. The third-order valence-electron chi connectivity index (χ3n) is 3.90. The van der Waals surface area contributed by atoms with Crippen LogP contribution < -0.4 is 0 Å². The second kappa shape index (κ2) is 5.72. The fraction of sp³-hybridized carbons (Fsp3) is 0.400. The molecule has 1 aliphatic rings.